The topological polar surface area (TPSA) is 90.4 Å². The van der Waals surface area contributed by atoms with E-state index in [0.29, 0.717) is 15.2 Å². The molecule has 1 amide bonds. The van der Waals surface area contributed by atoms with Crippen molar-refractivity contribution in [2.45, 2.75) is 17.4 Å². The summed E-state index contributed by atoms with van der Waals surface area (Å²) in [4.78, 5) is 23.5. The summed E-state index contributed by atoms with van der Waals surface area (Å²) < 4.78 is 11.0. The lowest BCUT2D eigenvalue weighted by atomic mass is 10.1. The summed E-state index contributed by atoms with van der Waals surface area (Å²) in [6, 6.07) is 13.5. The largest absolute Gasteiger partial charge is 0.480 e. The third-order valence-electron chi connectivity index (χ3n) is 3.60. The maximum atomic E-state index is 12.4. The SMILES string of the molecule is COC(=O)CSc1nnc(NC(=O)C(C)Oc2cccc3ccccc23)s1. The van der Waals surface area contributed by atoms with Crippen molar-refractivity contribution in [2.75, 3.05) is 18.2 Å². The number of thioether (sulfide) groups is 1. The molecule has 2 aromatic carbocycles. The standard InChI is InChI=1S/C18H17N3O4S2/c1-11(25-14-9-5-7-12-6-3-4-8-13(12)14)16(23)19-17-20-21-18(27-17)26-10-15(22)24-2/h3-9,11H,10H2,1-2H3,(H,19,20,23). The monoisotopic (exact) mass is 403 g/mol. The van der Waals surface area contributed by atoms with Crippen LogP contribution in [-0.4, -0.2) is 41.0 Å². The number of fused-ring (bicyclic) bond motifs is 1. The van der Waals surface area contributed by atoms with Crippen molar-refractivity contribution in [1.29, 1.82) is 0 Å². The van der Waals surface area contributed by atoms with Gasteiger partial charge in [0.1, 0.15) is 5.75 Å². The minimum atomic E-state index is -0.717. The first kappa shape index (κ1) is 19.1. The van der Waals surface area contributed by atoms with Gasteiger partial charge >= 0.3 is 5.97 Å². The summed E-state index contributed by atoms with van der Waals surface area (Å²) in [6.45, 7) is 1.67. The number of amides is 1. The van der Waals surface area contributed by atoms with Gasteiger partial charge in [0.15, 0.2) is 10.4 Å². The van der Waals surface area contributed by atoms with E-state index in [-0.39, 0.29) is 17.6 Å². The Kier molecular flexibility index (Phi) is 6.25. The maximum absolute atomic E-state index is 12.4. The van der Waals surface area contributed by atoms with Gasteiger partial charge in [0, 0.05) is 5.39 Å². The van der Waals surface area contributed by atoms with E-state index in [9.17, 15) is 9.59 Å². The van der Waals surface area contributed by atoms with Gasteiger partial charge in [-0.1, -0.05) is 59.5 Å². The highest BCUT2D eigenvalue weighted by molar-refractivity contribution is 8.01. The summed E-state index contributed by atoms with van der Waals surface area (Å²) in [7, 11) is 1.33. The molecule has 9 heteroatoms. The van der Waals surface area contributed by atoms with E-state index >= 15 is 0 Å². The van der Waals surface area contributed by atoms with Crippen LogP contribution in [0.4, 0.5) is 5.13 Å². The average molecular weight is 403 g/mol. The predicted octanol–water partition coefficient (Wildman–Crippen LogP) is 3.36. The molecule has 1 atom stereocenters. The number of hydrogen-bond acceptors (Lipinski definition) is 8. The van der Waals surface area contributed by atoms with E-state index in [1.54, 1.807) is 6.92 Å². The molecule has 0 aliphatic heterocycles. The molecular formula is C18H17N3O4S2. The van der Waals surface area contributed by atoms with Crippen molar-refractivity contribution in [3.8, 4) is 5.75 Å². The molecule has 3 rings (SSSR count). The van der Waals surface area contributed by atoms with Crippen molar-refractivity contribution in [3.63, 3.8) is 0 Å². The molecule has 0 spiro atoms. The molecule has 0 fully saturated rings. The fourth-order valence-corrected chi connectivity index (χ4v) is 3.83. The number of benzene rings is 2. The van der Waals surface area contributed by atoms with Gasteiger partial charge in [-0.2, -0.15) is 0 Å². The van der Waals surface area contributed by atoms with Crippen LogP contribution in [0.25, 0.3) is 10.8 Å². The second-order valence-electron chi connectivity index (χ2n) is 5.46. The molecular weight excluding hydrogens is 386 g/mol. The first-order valence-electron chi connectivity index (χ1n) is 8.05. The fourth-order valence-electron chi connectivity index (χ4n) is 2.25. The minimum absolute atomic E-state index is 0.139. The first-order valence-corrected chi connectivity index (χ1v) is 9.85. The van der Waals surface area contributed by atoms with E-state index in [2.05, 4.69) is 20.3 Å². The molecule has 0 radical (unpaired) electrons. The van der Waals surface area contributed by atoms with Crippen molar-refractivity contribution in [3.05, 3.63) is 42.5 Å². The summed E-state index contributed by atoms with van der Waals surface area (Å²) in [6.07, 6.45) is -0.717. The van der Waals surface area contributed by atoms with E-state index in [4.69, 9.17) is 4.74 Å². The number of carbonyl (C=O) groups excluding carboxylic acids is 2. The number of esters is 1. The van der Waals surface area contributed by atoms with Gasteiger partial charge in [0.25, 0.3) is 5.91 Å². The van der Waals surface area contributed by atoms with Gasteiger partial charge in [0.2, 0.25) is 5.13 Å². The second kappa shape index (κ2) is 8.83. The van der Waals surface area contributed by atoms with Crippen LogP contribution in [0.1, 0.15) is 6.92 Å². The number of hydrogen-bond donors (Lipinski definition) is 1. The molecule has 1 N–H and O–H groups in total. The first-order chi connectivity index (χ1) is 13.1. The van der Waals surface area contributed by atoms with Gasteiger partial charge in [-0.3, -0.25) is 14.9 Å². The lowest BCUT2D eigenvalue weighted by molar-refractivity contribution is -0.137. The summed E-state index contributed by atoms with van der Waals surface area (Å²) >= 11 is 2.39. The number of aromatic nitrogens is 2. The van der Waals surface area contributed by atoms with E-state index in [1.807, 2.05) is 42.5 Å². The number of carbonyl (C=O) groups is 2. The molecule has 1 unspecified atom stereocenters. The molecule has 0 aliphatic rings. The molecule has 27 heavy (non-hydrogen) atoms. The van der Waals surface area contributed by atoms with Crippen LogP contribution in [0.2, 0.25) is 0 Å². The summed E-state index contributed by atoms with van der Waals surface area (Å²) in [5.74, 6) is 0.100. The summed E-state index contributed by atoms with van der Waals surface area (Å²) in [5.41, 5.74) is 0. The number of anilines is 1. The Morgan fingerprint density at radius 2 is 1.96 bits per heavy atom. The lowest BCUT2D eigenvalue weighted by Crippen LogP contribution is -2.30. The van der Waals surface area contributed by atoms with E-state index in [0.717, 1.165) is 10.8 Å². The number of nitrogens with one attached hydrogen (secondary N) is 1. The normalized spacial score (nSPS) is 11.8. The second-order valence-corrected chi connectivity index (χ2v) is 7.66. The molecule has 1 aromatic heterocycles. The maximum Gasteiger partial charge on any atom is 0.316 e. The smallest absolute Gasteiger partial charge is 0.316 e. The zero-order valence-corrected chi connectivity index (χ0v) is 16.3. The van der Waals surface area contributed by atoms with Crippen molar-refractivity contribution >= 4 is 50.9 Å². The van der Waals surface area contributed by atoms with Crippen LogP contribution >= 0.6 is 23.1 Å². The van der Waals surface area contributed by atoms with Crippen LogP contribution in [0.3, 0.4) is 0 Å². The van der Waals surface area contributed by atoms with Crippen LogP contribution in [0, 0.1) is 0 Å². The highest BCUT2D eigenvalue weighted by Gasteiger charge is 2.18. The number of nitrogens with zero attached hydrogens (tertiary/aromatic N) is 2. The zero-order valence-electron chi connectivity index (χ0n) is 14.7. The zero-order chi connectivity index (χ0) is 19.2. The van der Waals surface area contributed by atoms with Gasteiger partial charge in [-0.05, 0) is 18.4 Å². The number of methoxy groups -OCH3 is 1. The molecule has 0 saturated carbocycles. The fraction of sp³-hybridized carbons (Fsp3) is 0.222. The Balaban J connectivity index is 1.61. The molecule has 0 aliphatic carbocycles. The van der Waals surface area contributed by atoms with Crippen molar-refractivity contribution in [1.82, 2.24) is 10.2 Å². The average Bonchev–Trinajstić information content (AvgIpc) is 3.13. The molecule has 0 saturated heterocycles. The number of ether oxygens (including phenoxy) is 2. The van der Waals surface area contributed by atoms with Crippen molar-refractivity contribution in [2.24, 2.45) is 0 Å². The molecule has 3 aromatic rings. The van der Waals surface area contributed by atoms with Gasteiger partial charge in [-0.15, -0.1) is 10.2 Å². The van der Waals surface area contributed by atoms with Gasteiger partial charge < -0.3 is 9.47 Å². The van der Waals surface area contributed by atoms with Gasteiger partial charge in [-0.25, -0.2) is 0 Å². The van der Waals surface area contributed by atoms with Crippen LogP contribution in [-0.2, 0) is 14.3 Å². The molecule has 7 nitrogen and oxygen atoms in total. The highest BCUT2D eigenvalue weighted by Crippen LogP contribution is 2.27. The van der Waals surface area contributed by atoms with Gasteiger partial charge in [0.05, 0.1) is 12.9 Å². The molecule has 0 bridgehead atoms. The molecule has 1 heterocycles. The minimum Gasteiger partial charge on any atom is -0.480 e. The summed E-state index contributed by atoms with van der Waals surface area (Å²) in [5, 5.41) is 12.8. The van der Waals surface area contributed by atoms with Crippen LogP contribution < -0.4 is 10.1 Å². The Hall–Kier alpha value is -2.65. The third kappa shape index (κ3) is 4.95. The Morgan fingerprint density at radius 1 is 1.19 bits per heavy atom. The predicted molar refractivity (Wildman–Crippen MR) is 105 cm³/mol. The van der Waals surface area contributed by atoms with E-state index < -0.39 is 6.10 Å². The van der Waals surface area contributed by atoms with Crippen LogP contribution in [0.5, 0.6) is 5.75 Å². The third-order valence-corrected chi connectivity index (χ3v) is 5.55. The quantitative estimate of drug-likeness (QED) is 0.367. The number of rotatable bonds is 7. The Labute approximate surface area is 164 Å². The Bertz CT molecular complexity index is 955. The molecule has 140 valence electrons. The Morgan fingerprint density at radius 3 is 2.78 bits per heavy atom. The lowest BCUT2D eigenvalue weighted by Gasteiger charge is -2.15. The van der Waals surface area contributed by atoms with E-state index in [1.165, 1.54) is 30.2 Å². The van der Waals surface area contributed by atoms with Crippen LogP contribution in [0.15, 0.2) is 46.8 Å². The van der Waals surface area contributed by atoms with Crippen molar-refractivity contribution < 1.29 is 19.1 Å². The highest BCUT2D eigenvalue weighted by atomic mass is 32.2.